The molecule has 0 radical (unpaired) electrons. The van der Waals surface area contributed by atoms with Gasteiger partial charge in [0.25, 0.3) is 11.8 Å². The lowest BCUT2D eigenvalue weighted by molar-refractivity contribution is -0.120. The second-order valence-electron chi connectivity index (χ2n) is 7.72. The van der Waals surface area contributed by atoms with Crippen LogP contribution in [0.1, 0.15) is 28.4 Å². The summed E-state index contributed by atoms with van der Waals surface area (Å²) in [7, 11) is 0. The van der Waals surface area contributed by atoms with Gasteiger partial charge < -0.3 is 24.3 Å². The van der Waals surface area contributed by atoms with Crippen molar-refractivity contribution in [2.75, 3.05) is 19.9 Å². The Balaban J connectivity index is 1.32. The van der Waals surface area contributed by atoms with Gasteiger partial charge in [0.1, 0.15) is 6.61 Å². The van der Waals surface area contributed by atoms with Crippen LogP contribution in [0.3, 0.4) is 0 Å². The minimum absolute atomic E-state index is 0.116. The first kappa shape index (κ1) is 26.5. The van der Waals surface area contributed by atoms with E-state index >= 15 is 0 Å². The minimum Gasteiger partial charge on any atom is -0.490 e. The molecule has 11 heteroatoms. The SMILES string of the molecule is CCOc1cc(/C=N/NC(=O)CNC(=O)c2ccc3c(c2)OCO3)cc(Br)c1OCc1ccc(Br)cc1. The standard InChI is InChI=1S/C26H23Br2N3O6/c1-2-34-23-10-17(9-20(28)25(23)35-14-16-3-6-19(27)7-4-16)12-30-31-24(32)13-29-26(33)18-5-8-21-22(11-18)37-15-36-21/h3-12H,2,13-15H2,1H3,(H,29,33)(H,31,32)/b30-12+. The van der Waals surface area contributed by atoms with E-state index in [1.165, 1.54) is 6.21 Å². The van der Waals surface area contributed by atoms with Gasteiger partial charge >= 0.3 is 0 Å². The van der Waals surface area contributed by atoms with Gasteiger partial charge in [0.2, 0.25) is 6.79 Å². The fraction of sp³-hybridized carbons (Fsp3) is 0.192. The van der Waals surface area contributed by atoms with Gasteiger partial charge in [-0.05, 0) is 76.4 Å². The van der Waals surface area contributed by atoms with Gasteiger partial charge in [-0.25, -0.2) is 5.43 Å². The topological polar surface area (TPSA) is 107 Å². The molecule has 1 aliphatic rings. The van der Waals surface area contributed by atoms with Crippen molar-refractivity contribution in [3.63, 3.8) is 0 Å². The van der Waals surface area contributed by atoms with Crippen molar-refractivity contribution >= 4 is 49.9 Å². The fourth-order valence-electron chi connectivity index (χ4n) is 3.32. The van der Waals surface area contributed by atoms with E-state index in [0.717, 1.165) is 10.0 Å². The first-order valence-corrected chi connectivity index (χ1v) is 12.8. The highest BCUT2D eigenvalue weighted by molar-refractivity contribution is 9.10. The van der Waals surface area contributed by atoms with Gasteiger partial charge in [-0.15, -0.1) is 0 Å². The molecule has 0 bridgehead atoms. The molecule has 0 aromatic heterocycles. The Labute approximate surface area is 230 Å². The Hall–Kier alpha value is -3.57. The number of halogens is 2. The fourth-order valence-corrected chi connectivity index (χ4v) is 4.16. The number of rotatable bonds is 10. The van der Waals surface area contributed by atoms with E-state index in [1.54, 1.807) is 30.3 Å². The number of carbonyl (C=O) groups excluding carboxylic acids is 2. The number of nitrogens with one attached hydrogen (secondary N) is 2. The molecule has 0 atom stereocenters. The maximum Gasteiger partial charge on any atom is 0.259 e. The molecule has 0 saturated carbocycles. The molecule has 192 valence electrons. The molecule has 0 saturated heterocycles. The molecule has 0 aliphatic carbocycles. The highest BCUT2D eigenvalue weighted by Crippen LogP contribution is 2.37. The molecule has 1 heterocycles. The summed E-state index contributed by atoms with van der Waals surface area (Å²) < 4.78 is 23.9. The number of nitrogens with zero attached hydrogens (tertiary/aromatic N) is 1. The summed E-state index contributed by atoms with van der Waals surface area (Å²) in [6, 6.07) is 16.2. The van der Waals surface area contributed by atoms with Crippen LogP contribution in [0.5, 0.6) is 23.0 Å². The van der Waals surface area contributed by atoms with E-state index in [4.69, 9.17) is 18.9 Å². The number of carbonyl (C=O) groups is 2. The largest absolute Gasteiger partial charge is 0.490 e. The predicted octanol–water partition coefficient (Wildman–Crippen LogP) is 4.80. The zero-order valence-corrected chi connectivity index (χ0v) is 22.9. The van der Waals surface area contributed by atoms with E-state index in [9.17, 15) is 9.59 Å². The Morgan fingerprint density at radius 1 is 1.03 bits per heavy atom. The van der Waals surface area contributed by atoms with Gasteiger partial charge in [0.05, 0.1) is 23.8 Å². The van der Waals surface area contributed by atoms with Crippen molar-refractivity contribution in [2.45, 2.75) is 13.5 Å². The maximum atomic E-state index is 12.3. The quantitative estimate of drug-likeness (QED) is 0.246. The third-order valence-corrected chi connectivity index (χ3v) is 6.19. The van der Waals surface area contributed by atoms with Crippen molar-refractivity contribution in [1.82, 2.24) is 10.7 Å². The van der Waals surface area contributed by atoms with Crippen LogP contribution < -0.4 is 29.7 Å². The second-order valence-corrected chi connectivity index (χ2v) is 9.49. The zero-order chi connectivity index (χ0) is 26.2. The zero-order valence-electron chi connectivity index (χ0n) is 19.8. The summed E-state index contributed by atoms with van der Waals surface area (Å²) in [6.07, 6.45) is 1.48. The van der Waals surface area contributed by atoms with Gasteiger partial charge in [-0.3, -0.25) is 9.59 Å². The smallest absolute Gasteiger partial charge is 0.259 e. The lowest BCUT2D eigenvalue weighted by atomic mass is 10.2. The van der Waals surface area contributed by atoms with Gasteiger partial charge in [0.15, 0.2) is 23.0 Å². The molecule has 0 spiro atoms. The van der Waals surface area contributed by atoms with Gasteiger partial charge in [-0.2, -0.15) is 5.10 Å². The molecule has 3 aromatic carbocycles. The monoisotopic (exact) mass is 631 g/mol. The summed E-state index contributed by atoms with van der Waals surface area (Å²) in [4.78, 5) is 24.5. The highest BCUT2D eigenvalue weighted by Gasteiger charge is 2.17. The molecule has 9 nitrogen and oxygen atoms in total. The van der Waals surface area contributed by atoms with E-state index < -0.39 is 11.8 Å². The predicted molar refractivity (Wildman–Crippen MR) is 144 cm³/mol. The lowest BCUT2D eigenvalue weighted by Crippen LogP contribution is -2.34. The molecule has 37 heavy (non-hydrogen) atoms. The number of hydrogen-bond donors (Lipinski definition) is 2. The number of hydrazone groups is 1. The van der Waals surface area contributed by atoms with Crippen LogP contribution in [0.4, 0.5) is 0 Å². The Bertz CT molecular complexity index is 1310. The third kappa shape index (κ3) is 7.23. The minimum atomic E-state index is -0.483. The summed E-state index contributed by atoms with van der Waals surface area (Å²) in [5.41, 5.74) is 4.44. The van der Waals surface area contributed by atoms with E-state index in [1.807, 2.05) is 31.2 Å². The number of amides is 2. The summed E-state index contributed by atoms with van der Waals surface area (Å²) in [6.45, 7) is 2.56. The summed E-state index contributed by atoms with van der Waals surface area (Å²) in [5, 5.41) is 6.52. The average Bonchev–Trinajstić information content (AvgIpc) is 3.36. The first-order chi connectivity index (χ1) is 17.9. The number of ether oxygens (including phenoxy) is 4. The van der Waals surface area contributed by atoms with E-state index in [0.29, 0.717) is 51.8 Å². The molecular formula is C26H23Br2N3O6. The number of hydrogen-bond acceptors (Lipinski definition) is 7. The van der Waals surface area contributed by atoms with Crippen LogP contribution in [0, 0.1) is 0 Å². The normalized spacial score (nSPS) is 11.9. The molecule has 4 rings (SSSR count). The van der Waals surface area contributed by atoms with Crippen LogP contribution in [-0.4, -0.2) is 38.0 Å². The van der Waals surface area contributed by atoms with E-state index in [-0.39, 0.29) is 13.3 Å². The molecule has 0 fully saturated rings. The average molecular weight is 633 g/mol. The molecular weight excluding hydrogens is 610 g/mol. The van der Waals surface area contributed by atoms with Crippen molar-refractivity contribution in [2.24, 2.45) is 5.10 Å². The van der Waals surface area contributed by atoms with Crippen molar-refractivity contribution in [1.29, 1.82) is 0 Å². The van der Waals surface area contributed by atoms with Crippen molar-refractivity contribution < 1.29 is 28.5 Å². The maximum absolute atomic E-state index is 12.3. The molecule has 2 N–H and O–H groups in total. The summed E-state index contributed by atoms with van der Waals surface area (Å²) in [5.74, 6) is 1.27. The Morgan fingerprint density at radius 2 is 1.81 bits per heavy atom. The van der Waals surface area contributed by atoms with Crippen LogP contribution in [-0.2, 0) is 11.4 Å². The first-order valence-electron chi connectivity index (χ1n) is 11.3. The van der Waals surface area contributed by atoms with Crippen LogP contribution in [0.25, 0.3) is 0 Å². The molecule has 3 aromatic rings. The second kappa shape index (κ2) is 12.6. The molecule has 0 unspecified atom stereocenters. The third-order valence-electron chi connectivity index (χ3n) is 5.08. The lowest BCUT2D eigenvalue weighted by Gasteiger charge is -2.14. The highest BCUT2D eigenvalue weighted by atomic mass is 79.9. The molecule has 1 aliphatic heterocycles. The van der Waals surface area contributed by atoms with Crippen LogP contribution in [0.15, 0.2) is 68.6 Å². The van der Waals surface area contributed by atoms with Gasteiger partial charge in [-0.1, -0.05) is 28.1 Å². The van der Waals surface area contributed by atoms with Crippen molar-refractivity contribution in [3.05, 3.63) is 80.2 Å². The Morgan fingerprint density at radius 3 is 2.59 bits per heavy atom. The molecule has 2 amide bonds. The number of benzene rings is 3. The number of fused-ring (bicyclic) bond motifs is 1. The summed E-state index contributed by atoms with van der Waals surface area (Å²) >= 11 is 6.95. The van der Waals surface area contributed by atoms with Gasteiger partial charge in [0, 0.05) is 10.0 Å². The van der Waals surface area contributed by atoms with E-state index in [2.05, 4.69) is 47.7 Å². The van der Waals surface area contributed by atoms with Crippen LogP contribution >= 0.6 is 31.9 Å². The Kier molecular flexibility index (Phi) is 9.02. The van der Waals surface area contributed by atoms with Crippen LogP contribution in [0.2, 0.25) is 0 Å². The van der Waals surface area contributed by atoms with Crippen molar-refractivity contribution in [3.8, 4) is 23.0 Å².